The molecule has 1 aliphatic rings. The predicted molar refractivity (Wildman–Crippen MR) is 87.5 cm³/mol. The smallest absolute Gasteiger partial charge is 0.0483 e. The molecule has 0 saturated carbocycles. The summed E-state index contributed by atoms with van der Waals surface area (Å²) in [5, 5.41) is 1.42. The molecular formula is C18H26N2O. The van der Waals surface area contributed by atoms with Crippen LogP contribution in [0, 0.1) is 5.92 Å². The van der Waals surface area contributed by atoms with Gasteiger partial charge >= 0.3 is 0 Å². The SMILES string of the molecule is NCCCCc1cn(CC2CCOCC2)c2ccccc12. The Bertz CT molecular complexity index is 570. The van der Waals surface area contributed by atoms with E-state index in [-0.39, 0.29) is 0 Å². The van der Waals surface area contributed by atoms with Crippen LogP contribution in [0.4, 0.5) is 0 Å². The second-order valence-electron chi connectivity index (χ2n) is 6.13. The first-order valence-corrected chi connectivity index (χ1v) is 8.23. The molecule has 0 unspecified atom stereocenters. The van der Waals surface area contributed by atoms with Crippen molar-refractivity contribution in [3.8, 4) is 0 Å². The van der Waals surface area contributed by atoms with Crippen LogP contribution < -0.4 is 5.73 Å². The Morgan fingerprint density at radius 3 is 2.76 bits per heavy atom. The molecule has 3 rings (SSSR count). The van der Waals surface area contributed by atoms with E-state index < -0.39 is 0 Å². The van der Waals surface area contributed by atoms with E-state index in [0.29, 0.717) is 0 Å². The van der Waals surface area contributed by atoms with Gasteiger partial charge in [0.05, 0.1) is 0 Å². The predicted octanol–water partition coefficient (Wildman–Crippen LogP) is 3.35. The molecule has 1 aliphatic heterocycles. The van der Waals surface area contributed by atoms with Crippen molar-refractivity contribution >= 4 is 10.9 Å². The lowest BCUT2D eigenvalue weighted by Gasteiger charge is -2.22. The minimum absolute atomic E-state index is 0.756. The van der Waals surface area contributed by atoms with E-state index in [1.54, 1.807) is 0 Å². The Hall–Kier alpha value is -1.32. The second-order valence-corrected chi connectivity index (χ2v) is 6.13. The fraction of sp³-hybridized carbons (Fsp3) is 0.556. The minimum atomic E-state index is 0.756. The monoisotopic (exact) mass is 286 g/mol. The quantitative estimate of drug-likeness (QED) is 0.827. The van der Waals surface area contributed by atoms with Crippen molar-refractivity contribution in [2.24, 2.45) is 11.7 Å². The van der Waals surface area contributed by atoms with Gasteiger partial charge in [0.1, 0.15) is 0 Å². The van der Waals surface area contributed by atoms with E-state index >= 15 is 0 Å². The Morgan fingerprint density at radius 2 is 1.95 bits per heavy atom. The maximum Gasteiger partial charge on any atom is 0.0483 e. The van der Waals surface area contributed by atoms with Gasteiger partial charge < -0.3 is 15.0 Å². The van der Waals surface area contributed by atoms with Gasteiger partial charge in [-0.25, -0.2) is 0 Å². The summed E-state index contributed by atoms with van der Waals surface area (Å²) < 4.78 is 7.94. The fourth-order valence-electron chi connectivity index (χ4n) is 3.34. The third-order valence-electron chi connectivity index (χ3n) is 4.57. The molecule has 0 aliphatic carbocycles. The van der Waals surface area contributed by atoms with Crippen LogP contribution in [-0.2, 0) is 17.7 Å². The largest absolute Gasteiger partial charge is 0.381 e. The molecule has 1 fully saturated rings. The van der Waals surface area contributed by atoms with Crippen molar-refractivity contribution in [3.05, 3.63) is 36.0 Å². The summed E-state index contributed by atoms with van der Waals surface area (Å²) in [5.74, 6) is 0.756. The molecule has 3 heteroatoms. The van der Waals surface area contributed by atoms with E-state index in [1.165, 1.54) is 35.7 Å². The number of aryl methyl sites for hydroxylation is 1. The number of unbranched alkanes of at least 4 members (excludes halogenated alkanes) is 1. The summed E-state index contributed by atoms with van der Waals surface area (Å²) in [6.45, 7) is 3.77. The van der Waals surface area contributed by atoms with Crippen molar-refractivity contribution in [1.82, 2.24) is 4.57 Å². The molecule has 2 N–H and O–H groups in total. The zero-order valence-corrected chi connectivity index (χ0v) is 12.8. The van der Waals surface area contributed by atoms with Crippen LogP contribution in [0.1, 0.15) is 31.2 Å². The van der Waals surface area contributed by atoms with Gasteiger partial charge in [-0.05, 0) is 56.2 Å². The molecule has 1 aromatic heterocycles. The number of ether oxygens (including phenoxy) is 1. The van der Waals surface area contributed by atoms with E-state index in [9.17, 15) is 0 Å². The first kappa shape index (κ1) is 14.6. The summed E-state index contributed by atoms with van der Waals surface area (Å²) >= 11 is 0. The van der Waals surface area contributed by atoms with Gasteiger partial charge in [0.25, 0.3) is 0 Å². The average molecular weight is 286 g/mol. The number of benzene rings is 1. The minimum Gasteiger partial charge on any atom is -0.381 e. The molecule has 21 heavy (non-hydrogen) atoms. The molecule has 0 atom stereocenters. The summed E-state index contributed by atoms with van der Waals surface area (Å²) in [6, 6.07) is 8.80. The highest BCUT2D eigenvalue weighted by Crippen LogP contribution is 2.26. The number of hydrogen-bond acceptors (Lipinski definition) is 2. The van der Waals surface area contributed by atoms with Crippen molar-refractivity contribution in [3.63, 3.8) is 0 Å². The van der Waals surface area contributed by atoms with E-state index in [2.05, 4.69) is 35.0 Å². The molecule has 1 aromatic carbocycles. The lowest BCUT2D eigenvalue weighted by molar-refractivity contribution is 0.0616. The number of rotatable bonds is 6. The van der Waals surface area contributed by atoms with Crippen LogP contribution in [0.15, 0.2) is 30.5 Å². The van der Waals surface area contributed by atoms with E-state index in [1.807, 2.05) is 0 Å². The van der Waals surface area contributed by atoms with Gasteiger partial charge in [-0.1, -0.05) is 18.2 Å². The fourth-order valence-corrected chi connectivity index (χ4v) is 3.34. The molecule has 0 spiro atoms. The maximum absolute atomic E-state index is 5.62. The third kappa shape index (κ3) is 3.47. The highest BCUT2D eigenvalue weighted by atomic mass is 16.5. The second kappa shape index (κ2) is 7.10. The molecule has 0 amide bonds. The normalized spacial score (nSPS) is 16.6. The summed E-state index contributed by atoms with van der Waals surface area (Å²) in [6.07, 6.45) is 8.18. The average Bonchev–Trinajstić information content (AvgIpc) is 2.87. The first-order valence-electron chi connectivity index (χ1n) is 8.23. The van der Waals surface area contributed by atoms with Crippen LogP contribution in [0.25, 0.3) is 10.9 Å². The Morgan fingerprint density at radius 1 is 1.14 bits per heavy atom. The molecule has 0 bridgehead atoms. The Kier molecular flexibility index (Phi) is 4.94. The molecular weight excluding hydrogens is 260 g/mol. The van der Waals surface area contributed by atoms with Gasteiger partial charge in [-0.3, -0.25) is 0 Å². The van der Waals surface area contributed by atoms with Crippen LogP contribution in [0.3, 0.4) is 0 Å². The van der Waals surface area contributed by atoms with Crippen LogP contribution >= 0.6 is 0 Å². The molecule has 2 aromatic rings. The molecule has 0 radical (unpaired) electrons. The topological polar surface area (TPSA) is 40.2 Å². The lowest BCUT2D eigenvalue weighted by atomic mass is 10.0. The number of nitrogens with two attached hydrogens (primary N) is 1. The molecule has 114 valence electrons. The van der Waals surface area contributed by atoms with Gasteiger partial charge in [-0.2, -0.15) is 0 Å². The number of para-hydroxylation sites is 1. The number of fused-ring (bicyclic) bond motifs is 1. The van der Waals surface area contributed by atoms with Gasteiger partial charge in [0.15, 0.2) is 0 Å². The Labute approximate surface area is 127 Å². The van der Waals surface area contributed by atoms with Crippen molar-refractivity contribution in [2.75, 3.05) is 19.8 Å². The first-order chi connectivity index (χ1) is 10.4. The number of aromatic nitrogens is 1. The summed E-state index contributed by atoms with van der Waals surface area (Å²) in [4.78, 5) is 0. The van der Waals surface area contributed by atoms with Crippen LogP contribution in [0.5, 0.6) is 0 Å². The van der Waals surface area contributed by atoms with Crippen LogP contribution in [0.2, 0.25) is 0 Å². The van der Waals surface area contributed by atoms with E-state index in [0.717, 1.165) is 45.1 Å². The van der Waals surface area contributed by atoms with E-state index in [4.69, 9.17) is 10.5 Å². The van der Waals surface area contributed by atoms with Crippen LogP contribution in [-0.4, -0.2) is 24.3 Å². The maximum atomic E-state index is 5.62. The standard InChI is InChI=1S/C18H26N2O/c19-10-4-3-5-16-14-20(13-15-8-11-21-12-9-15)18-7-2-1-6-17(16)18/h1-2,6-7,14-15H,3-5,8-13,19H2. The highest BCUT2D eigenvalue weighted by Gasteiger charge is 2.16. The summed E-state index contributed by atoms with van der Waals surface area (Å²) in [5.41, 5.74) is 8.48. The molecule has 1 saturated heterocycles. The van der Waals surface area contributed by atoms with Gasteiger partial charge in [0.2, 0.25) is 0 Å². The highest BCUT2D eigenvalue weighted by molar-refractivity contribution is 5.84. The van der Waals surface area contributed by atoms with Gasteiger partial charge in [-0.15, -0.1) is 0 Å². The lowest BCUT2D eigenvalue weighted by Crippen LogP contribution is -2.20. The number of hydrogen-bond donors (Lipinski definition) is 1. The third-order valence-corrected chi connectivity index (χ3v) is 4.57. The molecule has 3 nitrogen and oxygen atoms in total. The zero-order valence-electron chi connectivity index (χ0n) is 12.8. The van der Waals surface area contributed by atoms with Crippen molar-refractivity contribution in [1.29, 1.82) is 0 Å². The number of nitrogens with zero attached hydrogens (tertiary/aromatic N) is 1. The van der Waals surface area contributed by atoms with Gasteiger partial charge in [0, 0.05) is 36.9 Å². The van der Waals surface area contributed by atoms with Crippen molar-refractivity contribution < 1.29 is 4.74 Å². The molecule has 2 heterocycles. The zero-order chi connectivity index (χ0) is 14.5. The van der Waals surface area contributed by atoms with Crippen molar-refractivity contribution in [2.45, 2.75) is 38.6 Å². The summed E-state index contributed by atoms with van der Waals surface area (Å²) in [7, 11) is 0. The Balaban J connectivity index is 1.80.